The average Bonchev–Trinajstić information content (AvgIpc) is 2.27. The lowest BCUT2D eigenvalue weighted by Crippen LogP contribution is -1.95. The van der Waals surface area contributed by atoms with Crippen molar-refractivity contribution in [2.75, 3.05) is 0 Å². The summed E-state index contributed by atoms with van der Waals surface area (Å²) < 4.78 is 0.870. The zero-order valence-electron chi connectivity index (χ0n) is 9.88. The fourth-order valence-electron chi connectivity index (χ4n) is 1.68. The number of aromatic nitrogens is 2. The van der Waals surface area contributed by atoms with Gasteiger partial charge in [-0.05, 0) is 66.1 Å². The van der Waals surface area contributed by atoms with Crippen LogP contribution in [-0.4, -0.2) is 9.97 Å². The fourth-order valence-corrected chi connectivity index (χ4v) is 2.07. The van der Waals surface area contributed by atoms with Gasteiger partial charge in [0.15, 0.2) is 5.82 Å². The number of rotatable bonds is 1. The number of nitrogens with zero attached hydrogens (tertiary/aromatic N) is 2. The third kappa shape index (κ3) is 2.60. The van der Waals surface area contributed by atoms with Crippen LogP contribution in [0.3, 0.4) is 0 Å². The van der Waals surface area contributed by atoms with E-state index in [1.54, 1.807) is 6.20 Å². The van der Waals surface area contributed by atoms with Gasteiger partial charge in [0.2, 0.25) is 0 Å². The number of halogens is 2. The van der Waals surface area contributed by atoms with E-state index in [4.69, 9.17) is 11.6 Å². The normalized spacial score (nSPS) is 10.6. The zero-order chi connectivity index (χ0) is 12.6. The third-order valence-electron chi connectivity index (χ3n) is 2.78. The van der Waals surface area contributed by atoms with Crippen LogP contribution in [0.5, 0.6) is 0 Å². The molecule has 1 aromatic heterocycles. The summed E-state index contributed by atoms with van der Waals surface area (Å²) in [6.07, 6.45) is 1.75. The van der Waals surface area contributed by atoms with Gasteiger partial charge in [-0.2, -0.15) is 0 Å². The largest absolute Gasteiger partial charge is 0.235 e. The van der Waals surface area contributed by atoms with Crippen LogP contribution in [-0.2, 0) is 0 Å². The molecule has 1 aromatic carbocycles. The Bertz CT molecular complexity index is 582. The second-order valence-electron chi connectivity index (χ2n) is 4.08. The van der Waals surface area contributed by atoms with E-state index in [0.717, 1.165) is 9.13 Å². The van der Waals surface area contributed by atoms with Crippen LogP contribution in [0.1, 0.15) is 16.7 Å². The van der Waals surface area contributed by atoms with Crippen LogP contribution in [0.15, 0.2) is 18.3 Å². The van der Waals surface area contributed by atoms with Gasteiger partial charge in [-0.15, -0.1) is 0 Å². The monoisotopic (exact) mass is 358 g/mol. The Morgan fingerprint density at radius 2 is 1.71 bits per heavy atom. The van der Waals surface area contributed by atoms with E-state index in [-0.39, 0.29) is 0 Å². The van der Waals surface area contributed by atoms with Crippen LogP contribution in [0, 0.1) is 24.3 Å². The van der Waals surface area contributed by atoms with E-state index < -0.39 is 0 Å². The van der Waals surface area contributed by atoms with Crippen molar-refractivity contribution in [2.24, 2.45) is 0 Å². The molecular formula is C13H12ClIN2. The van der Waals surface area contributed by atoms with E-state index >= 15 is 0 Å². The fraction of sp³-hybridized carbons (Fsp3) is 0.231. The van der Waals surface area contributed by atoms with Gasteiger partial charge in [-0.25, -0.2) is 9.97 Å². The molecule has 0 saturated carbocycles. The SMILES string of the molecule is Cc1cc(C)c(-c2ncc(I)c(Cl)n2)cc1C. The Labute approximate surface area is 120 Å². The smallest absolute Gasteiger partial charge is 0.161 e. The summed E-state index contributed by atoms with van der Waals surface area (Å²) in [5.41, 5.74) is 4.74. The lowest BCUT2D eigenvalue weighted by Gasteiger charge is -2.09. The van der Waals surface area contributed by atoms with Crippen molar-refractivity contribution in [2.45, 2.75) is 20.8 Å². The van der Waals surface area contributed by atoms with Crippen LogP contribution < -0.4 is 0 Å². The van der Waals surface area contributed by atoms with Gasteiger partial charge in [0, 0.05) is 11.8 Å². The first-order valence-electron chi connectivity index (χ1n) is 5.25. The molecule has 0 spiro atoms. The molecule has 0 bridgehead atoms. The summed E-state index contributed by atoms with van der Waals surface area (Å²) in [6.45, 7) is 6.26. The quantitative estimate of drug-likeness (QED) is 0.560. The second-order valence-corrected chi connectivity index (χ2v) is 5.60. The molecule has 0 atom stereocenters. The van der Waals surface area contributed by atoms with Crippen molar-refractivity contribution in [3.63, 3.8) is 0 Å². The molecule has 0 radical (unpaired) electrons. The standard InChI is InChI=1S/C13H12ClIN2/c1-7-4-9(3)10(5-8(7)2)13-16-6-11(15)12(14)17-13/h4-6H,1-3H3. The minimum absolute atomic E-state index is 0.508. The van der Waals surface area contributed by atoms with Gasteiger partial charge >= 0.3 is 0 Å². The van der Waals surface area contributed by atoms with Crippen molar-refractivity contribution in [1.82, 2.24) is 9.97 Å². The summed E-state index contributed by atoms with van der Waals surface area (Å²) in [6, 6.07) is 4.27. The van der Waals surface area contributed by atoms with E-state index in [2.05, 4.69) is 65.5 Å². The van der Waals surface area contributed by atoms with Gasteiger partial charge in [-0.1, -0.05) is 17.7 Å². The molecule has 0 amide bonds. The molecule has 4 heteroatoms. The molecule has 88 valence electrons. The molecule has 17 heavy (non-hydrogen) atoms. The van der Waals surface area contributed by atoms with Crippen molar-refractivity contribution < 1.29 is 0 Å². The molecule has 2 nitrogen and oxygen atoms in total. The van der Waals surface area contributed by atoms with E-state index in [1.807, 2.05) is 0 Å². The van der Waals surface area contributed by atoms with E-state index in [0.29, 0.717) is 11.0 Å². The minimum atomic E-state index is 0.508. The first kappa shape index (κ1) is 12.8. The van der Waals surface area contributed by atoms with Gasteiger partial charge in [0.25, 0.3) is 0 Å². The van der Waals surface area contributed by atoms with E-state index in [1.165, 1.54) is 16.7 Å². The first-order chi connectivity index (χ1) is 7.99. The lowest BCUT2D eigenvalue weighted by molar-refractivity contribution is 1.14. The molecule has 2 aromatic rings. The maximum atomic E-state index is 6.03. The predicted octanol–water partition coefficient (Wildman–Crippen LogP) is 4.33. The maximum absolute atomic E-state index is 6.03. The minimum Gasteiger partial charge on any atom is -0.235 e. The Morgan fingerprint density at radius 3 is 2.35 bits per heavy atom. The molecule has 2 rings (SSSR count). The molecule has 0 aliphatic carbocycles. The van der Waals surface area contributed by atoms with Gasteiger partial charge in [-0.3, -0.25) is 0 Å². The van der Waals surface area contributed by atoms with Gasteiger partial charge in [0.05, 0.1) is 3.57 Å². The third-order valence-corrected chi connectivity index (χ3v) is 4.18. The summed E-state index contributed by atoms with van der Waals surface area (Å²) in [5, 5.41) is 0.508. The molecule has 0 aliphatic rings. The molecule has 1 heterocycles. The van der Waals surface area contributed by atoms with Crippen molar-refractivity contribution in [3.05, 3.63) is 43.7 Å². The Morgan fingerprint density at radius 1 is 1.06 bits per heavy atom. The molecule has 0 aliphatic heterocycles. The zero-order valence-corrected chi connectivity index (χ0v) is 12.8. The second kappa shape index (κ2) is 4.90. The van der Waals surface area contributed by atoms with Crippen LogP contribution >= 0.6 is 34.2 Å². The number of hydrogen-bond acceptors (Lipinski definition) is 2. The summed E-state index contributed by atoms with van der Waals surface area (Å²) in [5.74, 6) is 0.691. The highest BCUT2D eigenvalue weighted by Crippen LogP contribution is 2.25. The molecule has 0 saturated heterocycles. The van der Waals surface area contributed by atoms with Gasteiger partial charge in [0.1, 0.15) is 5.15 Å². The van der Waals surface area contributed by atoms with Crippen molar-refractivity contribution in [3.8, 4) is 11.4 Å². The topological polar surface area (TPSA) is 25.8 Å². The summed E-state index contributed by atoms with van der Waals surface area (Å²) in [7, 11) is 0. The number of hydrogen-bond donors (Lipinski definition) is 0. The highest BCUT2D eigenvalue weighted by Gasteiger charge is 2.09. The average molecular weight is 359 g/mol. The van der Waals surface area contributed by atoms with Gasteiger partial charge < -0.3 is 0 Å². The highest BCUT2D eigenvalue weighted by molar-refractivity contribution is 14.1. The molecule has 0 fully saturated rings. The molecular weight excluding hydrogens is 347 g/mol. The number of benzene rings is 1. The van der Waals surface area contributed by atoms with Crippen LogP contribution in [0.25, 0.3) is 11.4 Å². The van der Waals surface area contributed by atoms with Crippen molar-refractivity contribution >= 4 is 34.2 Å². The van der Waals surface area contributed by atoms with Crippen LogP contribution in [0.2, 0.25) is 5.15 Å². The number of aryl methyl sites for hydroxylation is 3. The predicted molar refractivity (Wildman–Crippen MR) is 79.4 cm³/mol. The Hall–Kier alpha value is -0.680. The van der Waals surface area contributed by atoms with E-state index in [9.17, 15) is 0 Å². The molecule has 0 N–H and O–H groups in total. The molecule has 0 unspecified atom stereocenters. The summed E-state index contributed by atoms with van der Waals surface area (Å²) >= 11 is 8.15. The highest BCUT2D eigenvalue weighted by atomic mass is 127. The lowest BCUT2D eigenvalue weighted by atomic mass is 10.0. The first-order valence-corrected chi connectivity index (χ1v) is 6.71. The van der Waals surface area contributed by atoms with Crippen molar-refractivity contribution in [1.29, 1.82) is 0 Å². The summed E-state index contributed by atoms with van der Waals surface area (Å²) in [4.78, 5) is 8.66. The Balaban J connectivity index is 2.60. The maximum Gasteiger partial charge on any atom is 0.161 e. The van der Waals surface area contributed by atoms with Crippen LogP contribution in [0.4, 0.5) is 0 Å². The Kier molecular flexibility index (Phi) is 3.68.